The highest BCUT2D eigenvalue weighted by Crippen LogP contribution is 2.18. The first-order valence-electron chi connectivity index (χ1n) is 8.35. The van der Waals surface area contributed by atoms with Crippen LogP contribution in [0.1, 0.15) is 13.3 Å². The van der Waals surface area contributed by atoms with Gasteiger partial charge in [0.15, 0.2) is 0 Å². The standard InChI is InChI=1S/C17H24N6O/c1-3-22(11-14-7-8-21(2)10-14)17(24)20-15-5-4-6-16(9-15)23-12-18-19-13-23/h4-6,9,12-14H,3,7-8,10-11H2,1-2H3,(H,20,24)/t14-/m0/s1. The van der Waals surface area contributed by atoms with Crippen molar-refractivity contribution >= 4 is 11.7 Å². The minimum Gasteiger partial charge on any atom is -0.324 e. The van der Waals surface area contributed by atoms with Gasteiger partial charge in [0, 0.05) is 25.3 Å². The molecule has 2 amide bonds. The molecular formula is C17H24N6O. The van der Waals surface area contributed by atoms with Gasteiger partial charge in [-0.15, -0.1) is 10.2 Å². The van der Waals surface area contributed by atoms with Crippen molar-refractivity contribution in [3.05, 3.63) is 36.9 Å². The van der Waals surface area contributed by atoms with Crippen LogP contribution in [0.5, 0.6) is 0 Å². The monoisotopic (exact) mass is 328 g/mol. The molecule has 2 aromatic rings. The predicted octanol–water partition coefficient (Wildman–Crippen LogP) is 2.07. The zero-order valence-corrected chi connectivity index (χ0v) is 14.2. The molecule has 1 atom stereocenters. The molecule has 0 unspecified atom stereocenters. The van der Waals surface area contributed by atoms with Gasteiger partial charge in [-0.25, -0.2) is 4.79 Å². The summed E-state index contributed by atoms with van der Waals surface area (Å²) < 4.78 is 1.81. The maximum atomic E-state index is 12.6. The van der Waals surface area contributed by atoms with E-state index in [1.165, 1.54) is 0 Å². The first-order chi connectivity index (χ1) is 11.7. The van der Waals surface area contributed by atoms with Crippen molar-refractivity contribution in [2.45, 2.75) is 13.3 Å². The number of urea groups is 1. The lowest BCUT2D eigenvalue weighted by molar-refractivity contribution is 0.204. The highest BCUT2D eigenvalue weighted by molar-refractivity contribution is 5.89. The highest BCUT2D eigenvalue weighted by Gasteiger charge is 2.23. The molecule has 7 heteroatoms. The average molecular weight is 328 g/mol. The number of rotatable bonds is 5. The fourth-order valence-corrected chi connectivity index (χ4v) is 3.12. The number of nitrogens with zero attached hydrogens (tertiary/aromatic N) is 5. The third kappa shape index (κ3) is 3.91. The van der Waals surface area contributed by atoms with Gasteiger partial charge in [0.1, 0.15) is 12.7 Å². The normalized spacial score (nSPS) is 17.8. The Labute approximate surface area is 142 Å². The molecule has 24 heavy (non-hydrogen) atoms. The quantitative estimate of drug-likeness (QED) is 0.912. The number of hydrogen-bond acceptors (Lipinski definition) is 4. The lowest BCUT2D eigenvalue weighted by Crippen LogP contribution is -2.38. The highest BCUT2D eigenvalue weighted by atomic mass is 16.2. The summed E-state index contributed by atoms with van der Waals surface area (Å²) in [6, 6.07) is 7.62. The molecule has 1 aliphatic rings. The van der Waals surface area contributed by atoms with Crippen LogP contribution in [0.25, 0.3) is 5.69 Å². The number of nitrogens with one attached hydrogen (secondary N) is 1. The Morgan fingerprint density at radius 1 is 1.38 bits per heavy atom. The van der Waals surface area contributed by atoms with Crippen molar-refractivity contribution < 1.29 is 4.79 Å². The number of benzene rings is 1. The molecule has 1 fully saturated rings. The van der Waals surface area contributed by atoms with E-state index in [4.69, 9.17) is 0 Å². The molecule has 0 bridgehead atoms. The first-order valence-corrected chi connectivity index (χ1v) is 8.35. The van der Waals surface area contributed by atoms with Crippen molar-refractivity contribution in [2.24, 2.45) is 5.92 Å². The molecule has 2 heterocycles. The molecule has 0 radical (unpaired) electrons. The molecule has 1 aliphatic heterocycles. The number of aromatic nitrogens is 3. The molecule has 3 rings (SSSR count). The van der Waals surface area contributed by atoms with Crippen molar-refractivity contribution in [1.82, 2.24) is 24.6 Å². The van der Waals surface area contributed by atoms with E-state index in [2.05, 4.69) is 27.5 Å². The Morgan fingerprint density at radius 3 is 2.83 bits per heavy atom. The summed E-state index contributed by atoms with van der Waals surface area (Å²) in [6.45, 7) is 5.71. The molecule has 0 aliphatic carbocycles. The van der Waals surface area contributed by atoms with Gasteiger partial charge in [0.2, 0.25) is 0 Å². The second kappa shape index (κ2) is 7.44. The van der Waals surface area contributed by atoms with E-state index in [0.717, 1.165) is 37.4 Å². The summed E-state index contributed by atoms with van der Waals surface area (Å²) in [7, 11) is 2.13. The van der Waals surface area contributed by atoms with Crippen molar-refractivity contribution in [1.29, 1.82) is 0 Å². The molecule has 1 N–H and O–H groups in total. The van der Waals surface area contributed by atoms with E-state index in [0.29, 0.717) is 12.5 Å². The van der Waals surface area contributed by atoms with Crippen LogP contribution >= 0.6 is 0 Å². The zero-order valence-electron chi connectivity index (χ0n) is 14.2. The van der Waals surface area contributed by atoms with Crippen LogP contribution in [0.4, 0.5) is 10.5 Å². The van der Waals surface area contributed by atoms with Crippen LogP contribution in [0.15, 0.2) is 36.9 Å². The van der Waals surface area contributed by atoms with Crippen LogP contribution in [0.2, 0.25) is 0 Å². The van der Waals surface area contributed by atoms with Crippen molar-refractivity contribution in [2.75, 3.05) is 38.5 Å². The van der Waals surface area contributed by atoms with E-state index in [1.807, 2.05) is 40.7 Å². The van der Waals surface area contributed by atoms with Crippen LogP contribution in [0, 0.1) is 5.92 Å². The third-order valence-electron chi connectivity index (χ3n) is 4.45. The van der Waals surface area contributed by atoms with Gasteiger partial charge in [-0.2, -0.15) is 0 Å². The van der Waals surface area contributed by atoms with Gasteiger partial charge >= 0.3 is 6.03 Å². The second-order valence-electron chi connectivity index (χ2n) is 6.31. The van der Waals surface area contributed by atoms with E-state index in [9.17, 15) is 4.79 Å². The fourth-order valence-electron chi connectivity index (χ4n) is 3.12. The summed E-state index contributed by atoms with van der Waals surface area (Å²) in [5.41, 5.74) is 1.69. The Kier molecular flexibility index (Phi) is 5.10. The number of carbonyl (C=O) groups excluding carboxylic acids is 1. The largest absolute Gasteiger partial charge is 0.324 e. The Bertz CT molecular complexity index is 671. The van der Waals surface area contributed by atoms with Crippen LogP contribution < -0.4 is 5.32 Å². The van der Waals surface area contributed by atoms with E-state index in [-0.39, 0.29) is 6.03 Å². The van der Waals surface area contributed by atoms with Gasteiger partial charge in [0.05, 0.1) is 5.69 Å². The van der Waals surface area contributed by atoms with Crippen LogP contribution in [-0.2, 0) is 0 Å². The number of carbonyl (C=O) groups is 1. The van der Waals surface area contributed by atoms with Crippen LogP contribution in [0.3, 0.4) is 0 Å². The summed E-state index contributed by atoms with van der Waals surface area (Å²) in [5, 5.41) is 10.6. The molecule has 1 aromatic carbocycles. The fraction of sp³-hybridized carbons (Fsp3) is 0.471. The molecular weight excluding hydrogens is 304 g/mol. The molecule has 1 saturated heterocycles. The maximum absolute atomic E-state index is 12.6. The van der Waals surface area contributed by atoms with Crippen LogP contribution in [-0.4, -0.2) is 63.8 Å². The van der Waals surface area contributed by atoms with Gasteiger partial charge < -0.3 is 15.1 Å². The van der Waals surface area contributed by atoms with E-state index < -0.39 is 0 Å². The minimum atomic E-state index is -0.0482. The molecule has 0 saturated carbocycles. The average Bonchev–Trinajstić information content (AvgIpc) is 3.24. The van der Waals surface area contributed by atoms with Crippen molar-refractivity contribution in [3.63, 3.8) is 0 Å². The Hall–Kier alpha value is -2.41. The maximum Gasteiger partial charge on any atom is 0.321 e. The summed E-state index contributed by atoms with van der Waals surface area (Å²) in [4.78, 5) is 16.8. The number of hydrogen-bond donors (Lipinski definition) is 1. The number of likely N-dealkylation sites (tertiary alicyclic amines) is 1. The topological polar surface area (TPSA) is 66.3 Å². The molecule has 1 aromatic heterocycles. The van der Waals surface area contributed by atoms with Crippen molar-refractivity contribution in [3.8, 4) is 5.69 Å². The number of amides is 2. The molecule has 7 nitrogen and oxygen atoms in total. The van der Waals surface area contributed by atoms with E-state index >= 15 is 0 Å². The van der Waals surface area contributed by atoms with Gasteiger partial charge in [-0.05, 0) is 51.1 Å². The SMILES string of the molecule is CCN(C[C@H]1CCN(C)C1)C(=O)Nc1cccc(-n2cnnc2)c1. The molecule has 0 spiro atoms. The summed E-state index contributed by atoms with van der Waals surface area (Å²) >= 11 is 0. The van der Waals surface area contributed by atoms with Gasteiger partial charge in [-0.3, -0.25) is 4.57 Å². The van der Waals surface area contributed by atoms with Gasteiger partial charge in [0.25, 0.3) is 0 Å². The summed E-state index contributed by atoms with van der Waals surface area (Å²) in [6.07, 6.45) is 4.43. The van der Waals surface area contributed by atoms with Gasteiger partial charge in [-0.1, -0.05) is 6.07 Å². The Balaban J connectivity index is 1.63. The number of anilines is 1. The minimum absolute atomic E-state index is 0.0482. The first kappa shape index (κ1) is 16.4. The smallest absolute Gasteiger partial charge is 0.321 e. The molecule has 128 valence electrons. The summed E-state index contributed by atoms with van der Waals surface area (Å²) in [5.74, 6) is 0.559. The second-order valence-corrected chi connectivity index (χ2v) is 6.31. The lowest BCUT2D eigenvalue weighted by atomic mass is 10.1. The Morgan fingerprint density at radius 2 is 2.17 bits per heavy atom. The third-order valence-corrected chi connectivity index (χ3v) is 4.45. The zero-order chi connectivity index (χ0) is 16.9. The van der Waals surface area contributed by atoms with E-state index in [1.54, 1.807) is 12.7 Å². The lowest BCUT2D eigenvalue weighted by Gasteiger charge is -2.24. The predicted molar refractivity (Wildman–Crippen MR) is 93.2 cm³/mol.